The first-order valence-electron chi connectivity index (χ1n) is 7.06. The molecule has 1 N–H and O–H groups in total. The molecule has 2 heteroatoms. The van der Waals surface area contributed by atoms with Crippen molar-refractivity contribution in [3.05, 3.63) is 0 Å². The van der Waals surface area contributed by atoms with Crippen LogP contribution in [0.1, 0.15) is 52.4 Å². The van der Waals surface area contributed by atoms with Crippen molar-refractivity contribution in [2.45, 2.75) is 58.4 Å². The highest BCUT2D eigenvalue weighted by molar-refractivity contribution is 4.80. The summed E-state index contributed by atoms with van der Waals surface area (Å²) in [4.78, 5) is 0. The van der Waals surface area contributed by atoms with E-state index in [4.69, 9.17) is 4.74 Å². The van der Waals surface area contributed by atoms with Gasteiger partial charge in [-0.1, -0.05) is 39.5 Å². The lowest BCUT2D eigenvalue weighted by atomic mass is 9.83. The summed E-state index contributed by atoms with van der Waals surface area (Å²) in [6, 6.07) is 0.685. The second-order valence-electron chi connectivity index (χ2n) is 5.17. The minimum Gasteiger partial charge on any atom is -0.381 e. The van der Waals surface area contributed by atoms with Crippen LogP contribution in [0.5, 0.6) is 0 Å². The Labute approximate surface area is 101 Å². The average Bonchev–Trinajstić information content (AvgIpc) is 2.34. The SMILES string of the molecule is CCCCC(CC)CC1COCCC1NC. The maximum Gasteiger partial charge on any atom is 0.0509 e. The summed E-state index contributed by atoms with van der Waals surface area (Å²) in [6.45, 7) is 6.52. The lowest BCUT2D eigenvalue weighted by Crippen LogP contribution is -2.41. The summed E-state index contributed by atoms with van der Waals surface area (Å²) >= 11 is 0. The number of hydrogen-bond acceptors (Lipinski definition) is 2. The number of unbranched alkanes of at least 4 members (excludes halogenated alkanes) is 1. The topological polar surface area (TPSA) is 21.3 Å². The average molecular weight is 227 g/mol. The molecule has 0 amide bonds. The Kier molecular flexibility index (Phi) is 7.06. The Bertz CT molecular complexity index is 172. The molecule has 0 saturated carbocycles. The molecule has 0 aromatic carbocycles. The van der Waals surface area contributed by atoms with Crippen molar-refractivity contribution >= 4 is 0 Å². The summed E-state index contributed by atoms with van der Waals surface area (Å²) < 4.78 is 5.62. The van der Waals surface area contributed by atoms with E-state index in [0.29, 0.717) is 6.04 Å². The normalized spacial score (nSPS) is 27.9. The van der Waals surface area contributed by atoms with Gasteiger partial charge in [0, 0.05) is 12.6 Å². The van der Waals surface area contributed by atoms with Crippen LogP contribution in [0.2, 0.25) is 0 Å². The van der Waals surface area contributed by atoms with Crippen LogP contribution in [-0.4, -0.2) is 26.3 Å². The molecular weight excluding hydrogens is 198 g/mol. The van der Waals surface area contributed by atoms with E-state index in [0.717, 1.165) is 25.0 Å². The predicted molar refractivity (Wildman–Crippen MR) is 69.7 cm³/mol. The number of hydrogen-bond donors (Lipinski definition) is 1. The van der Waals surface area contributed by atoms with Gasteiger partial charge in [0.15, 0.2) is 0 Å². The molecule has 0 aromatic heterocycles. The molecule has 1 aliphatic heterocycles. The van der Waals surface area contributed by atoms with Crippen molar-refractivity contribution in [2.75, 3.05) is 20.3 Å². The van der Waals surface area contributed by atoms with E-state index >= 15 is 0 Å². The van der Waals surface area contributed by atoms with Crippen LogP contribution in [0.15, 0.2) is 0 Å². The summed E-state index contributed by atoms with van der Waals surface area (Å²) in [5.41, 5.74) is 0. The Hall–Kier alpha value is -0.0800. The fourth-order valence-electron chi connectivity index (χ4n) is 2.82. The highest BCUT2D eigenvalue weighted by atomic mass is 16.5. The highest BCUT2D eigenvalue weighted by Gasteiger charge is 2.26. The molecule has 1 aliphatic rings. The molecule has 3 unspecified atom stereocenters. The van der Waals surface area contributed by atoms with Gasteiger partial charge in [-0.05, 0) is 31.7 Å². The second-order valence-corrected chi connectivity index (χ2v) is 5.17. The first kappa shape index (κ1) is 14.0. The maximum absolute atomic E-state index is 5.62. The zero-order chi connectivity index (χ0) is 11.8. The van der Waals surface area contributed by atoms with E-state index in [1.54, 1.807) is 0 Å². The Balaban J connectivity index is 2.35. The third-order valence-corrected chi connectivity index (χ3v) is 4.02. The van der Waals surface area contributed by atoms with Gasteiger partial charge in [-0.2, -0.15) is 0 Å². The van der Waals surface area contributed by atoms with Gasteiger partial charge in [0.2, 0.25) is 0 Å². The van der Waals surface area contributed by atoms with E-state index in [1.807, 2.05) is 0 Å². The Morgan fingerprint density at radius 3 is 2.81 bits per heavy atom. The maximum atomic E-state index is 5.62. The van der Waals surface area contributed by atoms with E-state index in [2.05, 4.69) is 26.2 Å². The first-order chi connectivity index (χ1) is 7.81. The summed E-state index contributed by atoms with van der Waals surface area (Å²) in [5, 5.41) is 3.46. The van der Waals surface area contributed by atoms with Crippen LogP contribution in [0, 0.1) is 11.8 Å². The molecule has 96 valence electrons. The number of rotatable bonds is 7. The second kappa shape index (κ2) is 8.08. The fourth-order valence-corrected chi connectivity index (χ4v) is 2.82. The zero-order valence-electron chi connectivity index (χ0n) is 11.3. The molecule has 0 aromatic rings. The molecule has 2 nitrogen and oxygen atoms in total. The molecule has 1 saturated heterocycles. The van der Waals surface area contributed by atoms with Crippen molar-refractivity contribution in [1.82, 2.24) is 5.32 Å². The molecule has 16 heavy (non-hydrogen) atoms. The number of nitrogens with one attached hydrogen (secondary N) is 1. The van der Waals surface area contributed by atoms with Crippen molar-refractivity contribution in [2.24, 2.45) is 11.8 Å². The van der Waals surface area contributed by atoms with Gasteiger partial charge in [0.1, 0.15) is 0 Å². The highest BCUT2D eigenvalue weighted by Crippen LogP contribution is 2.27. The van der Waals surface area contributed by atoms with Gasteiger partial charge in [0.05, 0.1) is 6.61 Å². The minimum absolute atomic E-state index is 0.685. The van der Waals surface area contributed by atoms with Crippen LogP contribution in [0.3, 0.4) is 0 Å². The van der Waals surface area contributed by atoms with E-state index in [-0.39, 0.29) is 0 Å². The summed E-state index contributed by atoms with van der Waals surface area (Å²) in [5.74, 6) is 1.64. The molecule has 0 spiro atoms. The third kappa shape index (κ3) is 4.42. The predicted octanol–water partition coefficient (Wildman–Crippen LogP) is 3.22. The fraction of sp³-hybridized carbons (Fsp3) is 1.00. The van der Waals surface area contributed by atoms with Gasteiger partial charge in [-0.25, -0.2) is 0 Å². The molecule has 0 radical (unpaired) electrons. The van der Waals surface area contributed by atoms with Crippen LogP contribution >= 0.6 is 0 Å². The van der Waals surface area contributed by atoms with E-state index in [1.165, 1.54) is 38.5 Å². The van der Waals surface area contributed by atoms with Gasteiger partial charge >= 0.3 is 0 Å². The molecule has 1 rings (SSSR count). The van der Waals surface area contributed by atoms with Crippen molar-refractivity contribution in [3.8, 4) is 0 Å². The van der Waals surface area contributed by atoms with Gasteiger partial charge in [-0.3, -0.25) is 0 Å². The molecule has 1 fully saturated rings. The van der Waals surface area contributed by atoms with E-state index in [9.17, 15) is 0 Å². The van der Waals surface area contributed by atoms with Gasteiger partial charge < -0.3 is 10.1 Å². The van der Waals surface area contributed by atoms with Crippen LogP contribution in [-0.2, 0) is 4.74 Å². The Morgan fingerprint density at radius 1 is 1.38 bits per heavy atom. The zero-order valence-corrected chi connectivity index (χ0v) is 11.3. The Morgan fingerprint density at radius 2 is 2.19 bits per heavy atom. The first-order valence-corrected chi connectivity index (χ1v) is 7.06. The molecule has 1 heterocycles. The van der Waals surface area contributed by atoms with Gasteiger partial charge in [0.25, 0.3) is 0 Å². The molecular formula is C14H29NO. The monoisotopic (exact) mass is 227 g/mol. The molecule has 0 bridgehead atoms. The van der Waals surface area contributed by atoms with Gasteiger partial charge in [-0.15, -0.1) is 0 Å². The molecule has 3 atom stereocenters. The third-order valence-electron chi connectivity index (χ3n) is 4.02. The minimum atomic E-state index is 0.685. The smallest absolute Gasteiger partial charge is 0.0509 e. The lowest BCUT2D eigenvalue weighted by molar-refractivity contribution is 0.0233. The van der Waals surface area contributed by atoms with E-state index < -0.39 is 0 Å². The van der Waals surface area contributed by atoms with Crippen molar-refractivity contribution in [1.29, 1.82) is 0 Å². The van der Waals surface area contributed by atoms with Crippen LogP contribution in [0.4, 0.5) is 0 Å². The van der Waals surface area contributed by atoms with Crippen LogP contribution in [0.25, 0.3) is 0 Å². The van der Waals surface area contributed by atoms with Crippen LogP contribution < -0.4 is 5.32 Å². The number of ether oxygens (including phenoxy) is 1. The van der Waals surface area contributed by atoms with Crippen molar-refractivity contribution < 1.29 is 4.74 Å². The largest absolute Gasteiger partial charge is 0.381 e. The molecule has 0 aliphatic carbocycles. The summed E-state index contributed by atoms with van der Waals surface area (Å²) in [6.07, 6.45) is 7.98. The quantitative estimate of drug-likeness (QED) is 0.721. The lowest BCUT2D eigenvalue weighted by Gasteiger charge is -2.33. The standard InChI is InChI=1S/C14H29NO/c1-4-6-7-12(5-2)10-13-11-16-9-8-14(13)15-3/h12-15H,4-11H2,1-3H3. The summed E-state index contributed by atoms with van der Waals surface area (Å²) in [7, 11) is 2.09. The van der Waals surface area contributed by atoms with Crippen molar-refractivity contribution in [3.63, 3.8) is 0 Å².